The van der Waals surface area contributed by atoms with Gasteiger partial charge >= 0.3 is 0 Å². The SMILES string of the molecule is CCCCCC/C(C)=N\NS(=O)(=O)c1c(C(C)C)cc(C(C)C)cc1C(C)C. The molecular weight excluding hydrogens is 368 g/mol. The molecule has 0 saturated carbocycles. The van der Waals surface area contributed by atoms with Crippen LogP contribution in [0, 0.1) is 0 Å². The van der Waals surface area contributed by atoms with Gasteiger partial charge in [0.15, 0.2) is 0 Å². The molecule has 1 rings (SSSR count). The van der Waals surface area contributed by atoms with Crippen molar-refractivity contribution >= 4 is 15.7 Å². The Morgan fingerprint density at radius 2 is 1.46 bits per heavy atom. The van der Waals surface area contributed by atoms with Crippen molar-refractivity contribution in [3.8, 4) is 0 Å². The molecule has 0 unspecified atom stereocenters. The van der Waals surface area contributed by atoms with Crippen LogP contribution in [0.4, 0.5) is 0 Å². The molecule has 0 aromatic heterocycles. The first-order valence-corrected chi connectivity index (χ1v) is 12.2. The Labute approximate surface area is 173 Å². The summed E-state index contributed by atoms with van der Waals surface area (Å²) < 4.78 is 26.5. The summed E-state index contributed by atoms with van der Waals surface area (Å²) in [6, 6.07) is 4.11. The molecule has 0 spiro atoms. The van der Waals surface area contributed by atoms with Gasteiger partial charge in [0.05, 0.1) is 4.90 Å². The summed E-state index contributed by atoms with van der Waals surface area (Å²) in [4.78, 5) is 2.92. The van der Waals surface area contributed by atoms with Crippen LogP contribution in [0.3, 0.4) is 0 Å². The third kappa shape index (κ3) is 6.91. The van der Waals surface area contributed by atoms with Crippen LogP contribution in [0.25, 0.3) is 0 Å². The molecule has 5 heteroatoms. The average Bonchev–Trinajstić information content (AvgIpc) is 2.62. The van der Waals surface area contributed by atoms with E-state index in [0.29, 0.717) is 10.8 Å². The molecule has 160 valence electrons. The highest BCUT2D eigenvalue weighted by atomic mass is 32.2. The second-order valence-electron chi connectivity index (χ2n) is 8.75. The van der Waals surface area contributed by atoms with Gasteiger partial charge in [0.25, 0.3) is 10.0 Å². The van der Waals surface area contributed by atoms with Gasteiger partial charge in [0.2, 0.25) is 0 Å². The first-order chi connectivity index (χ1) is 13.0. The number of sulfonamides is 1. The van der Waals surface area contributed by atoms with Crippen molar-refractivity contribution in [1.82, 2.24) is 4.83 Å². The predicted molar refractivity (Wildman–Crippen MR) is 121 cm³/mol. The minimum atomic E-state index is -3.72. The molecule has 1 aromatic carbocycles. The largest absolute Gasteiger partial charge is 0.277 e. The van der Waals surface area contributed by atoms with Gasteiger partial charge in [-0.15, -0.1) is 0 Å². The lowest BCUT2D eigenvalue weighted by Crippen LogP contribution is -2.24. The zero-order chi connectivity index (χ0) is 21.5. The third-order valence-electron chi connectivity index (χ3n) is 5.10. The number of unbranched alkanes of at least 4 members (excludes halogenated alkanes) is 3. The van der Waals surface area contributed by atoms with Crippen LogP contribution < -0.4 is 4.83 Å². The summed E-state index contributed by atoms with van der Waals surface area (Å²) in [5.41, 5.74) is 3.76. The van der Waals surface area contributed by atoms with E-state index in [9.17, 15) is 8.42 Å². The molecule has 0 bridgehead atoms. The van der Waals surface area contributed by atoms with Crippen LogP contribution in [0.2, 0.25) is 0 Å². The predicted octanol–water partition coefficient (Wildman–Crippen LogP) is 6.68. The number of rotatable bonds is 11. The van der Waals surface area contributed by atoms with Crippen molar-refractivity contribution in [2.75, 3.05) is 0 Å². The average molecular weight is 409 g/mol. The molecule has 0 radical (unpaired) electrons. The topological polar surface area (TPSA) is 58.5 Å². The number of nitrogens with zero attached hydrogens (tertiary/aromatic N) is 1. The van der Waals surface area contributed by atoms with Gasteiger partial charge in [-0.25, -0.2) is 4.83 Å². The lowest BCUT2D eigenvalue weighted by molar-refractivity contribution is 0.578. The lowest BCUT2D eigenvalue weighted by Gasteiger charge is -2.22. The van der Waals surface area contributed by atoms with E-state index in [1.807, 2.05) is 34.6 Å². The Balaban J connectivity index is 3.28. The molecule has 1 N–H and O–H groups in total. The Hall–Kier alpha value is -1.36. The van der Waals surface area contributed by atoms with Crippen molar-refractivity contribution in [2.24, 2.45) is 5.10 Å². The van der Waals surface area contributed by atoms with E-state index in [4.69, 9.17) is 0 Å². The Kier molecular flexibility index (Phi) is 9.68. The maximum absolute atomic E-state index is 13.2. The summed E-state index contributed by atoms with van der Waals surface area (Å²) in [7, 11) is -3.72. The standard InChI is InChI=1S/C23H40N2O2S/c1-9-10-11-12-13-19(8)24-25-28(26,27)23-21(17(4)5)14-20(16(2)3)15-22(23)18(6)7/h14-18,25H,9-13H2,1-8H3/b24-19-. The Morgan fingerprint density at radius 1 is 0.929 bits per heavy atom. The second kappa shape index (κ2) is 11.0. The molecule has 0 amide bonds. The van der Waals surface area contributed by atoms with Crippen molar-refractivity contribution in [2.45, 2.75) is 110 Å². The van der Waals surface area contributed by atoms with Crippen LogP contribution in [0.1, 0.15) is 122 Å². The van der Waals surface area contributed by atoms with E-state index >= 15 is 0 Å². The number of benzene rings is 1. The van der Waals surface area contributed by atoms with Gasteiger partial charge in [0.1, 0.15) is 0 Å². The maximum atomic E-state index is 13.2. The van der Waals surface area contributed by atoms with Crippen molar-refractivity contribution in [3.63, 3.8) is 0 Å². The summed E-state index contributed by atoms with van der Waals surface area (Å²) in [6.45, 7) is 16.5. The van der Waals surface area contributed by atoms with Crippen LogP contribution in [-0.2, 0) is 10.0 Å². The highest BCUT2D eigenvalue weighted by molar-refractivity contribution is 7.89. The van der Waals surface area contributed by atoms with Crippen molar-refractivity contribution in [3.05, 3.63) is 28.8 Å². The van der Waals surface area contributed by atoms with Gasteiger partial charge in [-0.1, -0.05) is 79.9 Å². The van der Waals surface area contributed by atoms with Crippen LogP contribution >= 0.6 is 0 Å². The molecule has 0 fully saturated rings. The summed E-state index contributed by atoms with van der Waals surface area (Å²) >= 11 is 0. The normalized spacial score (nSPS) is 13.0. The lowest BCUT2D eigenvalue weighted by atomic mass is 9.89. The zero-order valence-electron chi connectivity index (χ0n) is 19.1. The Bertz CT molecular complexity index is 734. The molecule has 28 heavy (non-hydrogen) atoms. The third-order valence-corrected chi connectivity index (χ3v) is 6.44. The fourth-order valence-corrected chi connectivity index (χ4v) is 4.82. The highest BCUT2D eigenvalue weighted by Gasteiger charge is 2.26. The molecular formula is C23H40N2O2S. The summed E-state index contributed by atoms with van der Waals surface area (Å²) in [5, 5.41) is 4.21. The van der Waals surface area contributed by atoms with Crippen LogP contribution in [0.15, 0.2) is 22.1 Å². The molecule has 0 saturated heterocycles. The van der Waals surface area contributed by atoms with Gasteiger partial charge < -0.3 is 0 Å². The fraction of sp³-hybridized carbons (Fsp3) is 0.696. The number of hydrogen-bond acceptors (Lipinski definition) is 3. The van der Waals surface area contributed by atoms with E-state index in [1.165, 1.54) is 18.4 Å². The van der Waals surface area contributed by atoms with E-state index in [0.717, 1.165) is 36.1 Å². The minimum absolute atomic E-state index is 0.113. The maximum Gasteiger partial charge on any atom is 0.277 e. The molecule has 4 nitrogen and oxygen atoms in total. The molecule has 0 aliphatic carbocycles. The molecule has 0 aliphatic heterocycles. The van der Waals surface area contributed by atoms with Crippen LogP contribution in [-0.4, -0.2) is 14.1 Å². The second-order valence-corrected chi connectivity index (χ2v) is 10.3. The fourth-order valence-electron chi connectivity index (χ4n) is 3.25. The van der Waals surface area contributed by atoms with E-state index in [1.54, 1.807) is 0 Å². The number of hydrazone groups is 1. The van der Waals surface area contributed by atoms with Gasteiger partial charge in [-0.3, -0.25) is 0 Å². The van der Waals surface area contributed by atoms with Crippen molar-refractivity contribution in [1.29, 1.82) is 0 Å². The van der Waals surface area contributed by atoms with E-state index in [-0.39, 0.29) is 11.8 Å². The van der Waals surface area contributed by atoms with Crippen LogP contribution in [0.5, 0.6) is 0 Å². The summed E-state index contributed by atoms with van der Waals surface area (Å²) in [6.07, 6.45) is 5.41. The minimum Gasteiger partial charge on any atom is -0.200 e. The zero-order valence-corrected chi connectivity index (χ0v) is 19.9. The van der Waals surface area contributed by atoms with E-state index in [2.05, 4.69) is 42.8 Å². The Morgan fingerprint density at radius 3 is 1.89 bits per heavy atom. The number of hydrogen-bond donors (Lipinski definition) is 1. The monoisotopic (exact) mass is 408 g/mol. The highest BCUT2D eigenvalue weighted by Crippen LogP contribution is 2.35. The molecule has 0 aliphatic rings. The van der Waals surface area contributed by atoms with Gasteiger partial charge in [0, 0.05) is 5.71 Å². The quantitative estimate of drug-likeness (QED) is 0.252. The summed E-state index contributed by atoms with van der Waals surface area (Å²) in [5.74, 6) is 0.576. The van der Waals surface area contributed by atoms with E-state index < -0.39 is 10.0 Å². The molecule has 1 aromatic rings. The first kappa shape index (κ1) is 24.7. The van der Waals surface area contributed by atoms with Gasteiger partial charge in [-0.2, -0.15) is 13.5 Å². The number of nitrogens with one attached hydrogen (secondary N) is 1. The van der Waals surface area contributed by atoms with Gasteiger partial charge in [-0.05, 0) is 54.2 Å². The smallest absolute Gasteiger partial charge is 0.200 e. The first-order valence-electron chi connectivity index (χ1n) is 10.7. The molecule has 0 heterocycles. The van der Waals surface area contributed by atoms with Crippen molar-refractivity contribution < 1.29 is 8.42 Å². The molecule has 0 atom stereocenters.